The normalized spacial score (nSPS) is 18.9. The lowest BCUT2D eigenvalue weighted by Gasteiger charge is -2.09. The van der Waals surface area contributed by atoms with Gasteiger partial charge in [0.05, 0.1) is 0 Å². The number of rotatable bonds is 0. The molecule has 0 radical (unpaired) electrons. The predicted molar refractivity (Wildman–Crippen MR) is 62.5 cm³/mol. The predicted octanol–water partition coefficient (Wildman–Crippen LogP) is 3.07. The van der Waals surface area contributed by atoms with Gasteiger partial charge in [0.1, 0.15) is 5.75 Å². The van der Waals surface area contributed by atoms with Gasteiger partial charge in [0, 0.05) is 29.6 Å². The third-order valence-electron chi connectivity index (χ3n) is 3.16. The van der Waals surface area contributed by atoms with Crippen LogP contribution in [-0.2, 0) is 0 Å². The lowest BCUT2D eigenvalue weighted by molar-refractivity contribution is 0.482. The molecule has 0 saturated heterocycles. The average Bonchev–Trinajstić information content (AvgIpc) is 2.61. The van der Waals surface area contributed by atoms with Gasteiger partial charge in [0.15, 0.2) is 0 Å². The molecule has 15 heavy (non-hydrogen) atoms. The second kappa shape index (κ2) is 2.89. The van der Waals surface area contributed by atoms with E-state index in [2.05, 4.69) is 18.3 Å². The van der Waals surface area contributed by atoms with Crippen molar-refractivity contribution < 1.29 is 5.11 Å². The molecular formula is C13H13NO. The third-order valence-corrected chi connectivity index (χ3v) is 3.16. The summed E-state index contributed by atoms with van der Waals surface area (Å²) in [7, 11) is 0. The van der Waals surface area contributed by atoms with Crippen LogP contribution in [0.3, 0.4) is 0 Å². The summed E-state index contributed by atoms with van der Waals surface area (Å²) in [5.41, 5.74) is 2.42. The van der Waals surface area contributed by atoms with E-state index in [0.717, 1.165) is 17.6 Å². The second-order valence-electron chi connectivity index (χ2n) is 4.18. The van der Waals surface area contributed by atoms with Crippen molar-refractivity contribution in [2.24, 2.45) is 0 Å². The third kappa shape index (κ3) is 1.11. The standard InChI is InChI=1S/C13H13NO/c1-8-7-14-11-6-12(15)9-4-2-3-5-10(9)13(8)11/h2-6,8,14-15H,7H2,1H3/t8-/m1/s1. The Bertz CT molecular complexity index is 533. The van der Waals surface area contributed by atoms with Crippen LogP contribution in [0, 0.1) is 0 Å². The van der Waals surface area contributed by atoms with Gasteiger partial charge in [-0.25, -0.2) is 0 Å². The molecule has 1 aliphatic rings. The molecule has 0 bridgehead atoms. The Hall–Kier alpha value is -1.70. The molecule has 2 N–H and O–H groups in total. The Morgan fingerprint density at radius 3 is 2.80 bits per heavy atom. The van der Waals surface area contributed by atoms with Crippen molar-refractivity contribution in [2.45, 2.75) is 12.8 Å². The Morgan fingerprint density at radius 2 is 2.00 bits per heavy atom. The van der Waals surface area contributed by atoms with E-state index in [1.54, 1.807) is 0 Å². The number of phenols is 1. The van der Waals surface area contributed by atoms with Crippen LogP contribution in [0.2, 0.25) is 0 Å². The number of anilines is 1. The van der Waals surface area contributed by atoms with E-state index in [9.17, 15) is 5.11 Å². The monoisotopic (exact) mass is 199 g/mol. The lowest BCUT2D eigenvalue weighted by atomic mass is 9.96. The SMILES string of the molecule is C[C@@H]1CNc2cc(O)c3ccccc3c21. The van der Waals surface area contributed by atoms with Crippen LogP contribution in [0.5, 0.6) is 5.75 Å². The molecule has 2 aromatic carbocycles. The highest BCUT2D eigenvalue weighted by molar-refractivity contribution is 5.96. The molecule has 76 valence electrons. The molecule has 1 aliphatic heterocycles. The fourth-order valence-electron chi connectivity index (χ4n) is 2.42. The van der Waals surface area contributed by atoms with Crippen LogP contribution in [-0.4, -0.2) is 11.7 Å². The Balaban J connectivity index is 2.45. The second-order valence-corrected chi connectivity index (χ2v) is 4.18. The first kappa shape index (κ1) is 8.60. The van der Waals surface area contributed by atoms with Gasteiger partial charge in [0.2, 0.25) is 0 Å². The van der Waals surface area contributed by atoms with Gasteiger partial charge >= 0.3 is 0 Å². The van der Waals surface area contributed by atoms with Gasteiger partial charge in [-0.1, -0.05) is 31.2 Å². The quantitative estimate of drug-likeness (QED) is 0.683. The fraction of sp³-hybridized carbons (Fsp3) is 0.231. The zero-order valence-electron chi connectivity index (χ0n) is 8.62. The first-order valence-electron chi connectivity index (χ1n) is 5.26. The molecule has 1 atom stereocenters. The minimum Gasteiger partial charge on any atom is -0.507 e. The summed E-state index contributed by atoms with van der Waals surface area (Å²) >= 11 is 0. The van der Waals surface area contributed by atoms with Crippen molar-refractivity contribution in [1.82, 2.24) is 0 Å². The topological polar surface area (TPSA) is 32.3 Å². The molecule has 2 aromatic rings. The maximum atomic E-state index is 9.88. The van der Waals surface area contributed by atoms with E-state index in [0.29, 0.717) is 11.7 Å². The zero-order valence-corrected chi connectivity index (χ0v) is 8.62. The summed E-state index contributed by atoms with van der Waals surface area (Å²) in [6.07, 6.45) is 0. The van der Waals surface area contributed by atoms with E-state index in [1.165, 1.54) is 10.9 Å². The summed E-state index contributed by atoms with van der Waals surface area (Å²) < 4.78 is 0. The molecule has 0 saturated carbocycles. The maximum absolute atomic E-state index is 9.88. The van der Waals surface area contributed by atoms with Crippen molar-refractivity contribution in [3.8, 4) is 5.75 Å². The van der Waals surface area contributed by atoms with Crippen molar-refractivity contribution in [1.29, 1.82) is 0 Å². The Kier molecular flexibility index (Phi) is 1.66. The smallest absolute Gasteiger partial charge is 0.125 e. The van der Waals surface area contributed by atoms with Crippen LogP contribution in [0.4, 0.5) is 5.69 Å². The fourth-order valence-corrected chi connectivity index (χ4v) is 2.42. The van der Waals surface area contributed by atoms with Crippen LogP contribution >= 0.6 is 0 Å². The molecule has 2 heteroatoms. The van der Waals surface area contributed by atoms with E-state index >= 15 is 0 Å². The molecule has 0 amide bonds. The van der Waals surface area contributed by atoms with E-state index in [4.69, 9.17) is 0 Å². The molecule has 0 spiro atoms. The van der Waals surface area contributed by atoms with Gasteiger partial charge < -0.3 is 10.4 Å². The molecule has 0 aliphatic carbocycles. The zero-order chi connectivity index (χ0) is 10.4. The summed E-state index contributed by atoms with van der Waals surface area (Å²) in [6, 6.07) is 9.86. The molecule has 2 nitrogen and oxygen atoms in total. The summed E-state index contributed by atoms with van der Waals surface area (Å²) in [5.74, 6) is 0.886. The number of hydrogen-bond acceptors (Lipinski definition) is 2. The first-order valence-corrected chi connectivity index (χ1v) is 5.26. The minimum absolute atomic E-state index is 0.367. The Labute approximate surface area is 88.5 Å². The summed E-state index contributed by atoms with van der Waals surface area (Å²) in [6.45, 7) is 3.17. The minimum atomic E-state index is 0.367. The molecule has 1 heterocycles. The van der Waals surface area contributed by atoms with Gasteiger partial charge in [-0.05, 0) is 10.9 Å². The highest BCUT2D eigenvalue weighted by Gasteiger charge is 2.21. The number of nitrogens with one attached hydrogen (secondary N) is 1. The number of aromatic hydroxyl groups is 1. The van der Waals surface area contributed by atoms with E-state index in [-0.39, 0.29) is 0 Å². The molecule has 0 aromatic heterocycles. The van der Waals surface area contributed by atoms with Crippen LogP contribution in [0.1, 0.15) is 18.4 Å². The van der Waals surface area contributed by atoms with Gasteiger partial charge in [0.25, 0.3) is 0 Å². The van der Waals surface area contributed by atoms with Crippen LogP contribution in [0.15, 0.2) is 30.3 Å². The highest BCUT2D eigenvalue weighted by Crippen LogP contribution is 2.41. The van der Waals surface area contributed by atoms with Crippen molar-refractivity contribution in [3.63, 3.8) is 0 Å². The molecule has 3 rings (SSSR count). The molecule has 0 unspecified atom stereocenters. The van der Waals surface area contributed by atoms with E-state index in [1.807, 2.05) is 24.3 Å². The average molecular weight is 199 g/mol. The van der Waals surface area contributed by atoms with Gasteiger partial charge in [-0.15, -0.1) is 0 Å². The molecule has 0 fully saturated rings. The number of fused-ring (bicyclic) bond motifs is 3. The molecular weight excluding hydrogens is 186 g/mol. The highest BCUT2D eigenvalue weighted by atomic mass is 16.3. The maximum Gasteiger partial charge on any atom is 0.125 e. The largest absolute Gasteiger partial charge is 0.507 e. The van der Waals surface area contributed by atoms with E-state index < -0.39 is 0 Å². The summed E-state index contributed by atoms with van der Waals surface area (Å²) in [5, 5.41) is 15.3. The van der Waals surface area contributed by atoms with Gasteiger partial charge in [-0.2, -0.15) is 0 Å². The van der Waals surface area contributed by atoms with Crippen molar-refractivity contribution >= 4 is 16.5 Å². The first-order chi connectivity index (χ1) is 7.27. The number of hydrogen-bond donors (Lipinski definition) is 2. The van der Waals surface area contributed by atoms with Crippen molar-refractivity contribution in [2.75, 3.05) is 11.9 Å². The van der Waals surface area contributed by atoms with Crippen LogP contribution in [0.25, 0.3) is 10.8 Å². The Morgan fingerprint density at radius 1 is 1.27 bits per heavy atom. The number of phenolic OH excluding ortho intramolecular Hbond substituents is 1. The number of benzene rings is 2. The van der Waals surface area contributed by atoms with Crippen molar-refractivity contribution in [3.05, 3.63) is 35.9 Å². The lowest BCUT2D eigenvalue weighted by Crippen LogP contribution is -1.96. The summed E-state index contributed by atoms with van der Waals surface area (Å²) in [4.78, 5) is 0. The van der Waals surface area contributed by atoms with Crippen LogP contribution < -0.4 is 5.32 Å². The van der Waals surface area contributed by atoms with Gasteiger partial charge in [-0.3, -0.25) is 0 Å².